The van der Waals surface area contributed by atoms with Crippen LogP contribution in [0.2, 0.25) is 0 Å². The zero-order chi connectivity index (χ0) is 38.9. The molecule has 2 aromatic heterocycles. The SMILES string of the molecule is c1ccc(-c2cccc(-c3nc(-c4ccccc4)nc(-c4ccccc4-c4ccccc4-n4c5cccc6c5c5c7c(cccc7ccc54)-c4ccccc4-6)n3)c2)cc1. The van der Waals surface area contributed by atoms with Crippen molar-refractivity contribution < 1.29 is 0 Å². The quantitative estimate of drug-likeness (QED) is 0.170. The lowest BCUT2D eigenvalue weighted by Gasteiger charge is -2.18. The summed E-state index contributed by atoms with van der Waals surface area (Å²) in [7, 11) is 0. The van der Waals surface area contributed by atoms with Crippen LogP contribution in [0.5, 0.6) is 0 Å². The highest BCUT2D eigenvalue weighted by molar-refractivity contribution is 6.30. The van der Waals surface area contributed by atoms with E-state index in [0.29, 0.717) is 17.5 Å². The van der Waals surface area contributed by atoms with Crippen molar-refractivity contribution >= 4 is 32.6 Å². The van der Waals surface area contributed by atoms with Crippen LogP contribution < -0.4 is 0 Å². The van der Waals surface area contributed by atoms with Crippen molar-refractivity contribution in [2.24, 2.45) is 0 Å². The summed E-state index contributed by atoms with van der Waals surface area (Å²) in [6, 6.07) is 73.3. The van der Waals surface area contributed by atoms with Crippen LogP contribution in [-0.4, -0.2) is 19.5 Å². The first-order valence-corrected chi connectivity index (χ1v) is 20.0. The van der Waals surface area contributed by atoms with Crippen LogP contribution in [-0.2, 0) is 0 Å². The van der Waals surface area contributed by atoms with Crippen molar-refractivity contribution in [3.05, 3.63) is 206 Å². The van der Waals surface area contributed by atoms with E-state index in [1.165, 1.54) is 54.8 Å². The second kappa shape index (κ2) is 13.3. The third-order valence-electron chi connectivity index (χ3n) is 11.8. The summed E-state index contributed by atoms with van der Waals surface area (Å²) in [4.78, 5) is 15.6. The molecule has 0 atom stereocenters. The standard InChI is InChI=1S/C55H34N4/c1-3-16-35(17-4-1)38-21-13-22-39(34-38)54-56-53(37-18-5-2-6-19-37)57-55(58-54)46-27-10-9-25-42(46)43-26-11-12-30-47(43)59-48-31-15-29-45-41-24-8-7-23-40(41)44-28-14-20-36-32-33-49(59)52(50(36)44)51(45)48/h1-34H. The predicted molar refractivity (Wildman–Crippen MR) is 243 cm³/mol. The van der Waals surface area contributed by atoms with Crippen molar-refractivity contribution in [2.45, 2.75) is 0 Å². The minimum Gasteiger partial charge on any atom is -0.309 e. The number of hydrogen-bond acceptors (Lipinski definition) is 3. The smallest absolute Gasteiger partial charge is 0.164 e. The van der Waals surface area contributed by atoms with Gasteiger partial charge in [0.15, 0.2) is 17.5 Å². The number of para-hydroxylation sites is 1. The summed E-state index contributed by atoms with van der Waals surface area (Å²) in [5, 5.41) is 5.11. The molecule has 0 unspecified atom stereocenters. The highest BCUT2D eigenvalue weighted by Crippen LogP contribution is 2.50. The van der Waals surface area contributed by atoms with Crippen LogP contribution in [0.3, 0.4) is 0 Å². The molecule has 0 bridgehead atoms. The lowest BCUT2D eigenvalue weighted by atomic mass is 9.93. The van der Waals surface area contributed by atoms with Gasteiger partial charge in [-0.25, -0.2) is 15.0 Å². The zero-order valence-corrected chi connectivity index (χ0v) is 31.9. The zero-order valence-electron chi connectivity index (χ0n) is 31.9. The Kier molecular flexibility index (Phi) is 7.50. The molecule has 0 fully saturated rings. The molecule has 11 aromatic rings. The average molecular weight is 751 g/mol. The molecular formula is C55H34N4. The molecule has 0 saturated carbocycles. The van der Waals surface area contributed by atoms with Gasteiger partial charge in [-0.3, -0.25) is 0 Å². The number of benzene rings is 9. The van der Waals surface area contributed by atoms with Crippen LogP contribution in [0, 0.1) is 0 Å². The number of rotatable bonds is 6. The summed E-state index contributed by atoms with van der Waals surface area (Å²) in [6.45, 7) is 0. The van der Waals surface area contributed by atoms with E-state index in [9.17, 15) is 0 Å². The molecule has 12 rings (SSSR count). The van der Waals surface area contributed by atoms with Gasteiger partial charge in [0.25, 0.3) is 0 Å². The van der Waals surface area contributed by atoms with Crippen molar-refractivity contribution in [1.29, 1.82) is 0 Å². The topological polar surface area (TPSA) is 43.6 Å². The monoisotopic (exact) mass is 750 g/mol. The molecule has 0 aliphatic heterocycles. The van der Waals surface area contributed by atoms with Gasteiger partial charge in [0.05, 0.1) is 16.7 Å². The van der Waals surface area contributed by atoms with E-state index in [1.807, 2.05) is 24.3 Å². The fourth-order valence-electron chi connectivity index (χ4n) is 9.21. The maximum Gasteiger partial charge on any atom is 0.164 e. The van der Waals surface area contributed by atoms with Gasteiger partial charge in [-0.05, 0) is 74.0 Å². The molecule has 1 aliphatic carbocycles. The van der Waals surface area contributed by atoms with E-state index in [1.54, 1.807) is 0 Å². The first-order valence-electron chi connectivity index (χ1n) is 20.0. The third kappa shape index (κ3) is 5.27. The summed E-state index contributed by atoms with van der Waals surface area (Å²) in [6.07, 6.45) is 0. The largest absolute Gasteiger partial charge is 0.309 e. The molecule has 2 heterocycles. The average Bonchev–Trinajstić information content (AvgIpc) is 3.60. The Labute approximate surface area is 341 Å². The van der Waals surface area contributed by atoms with Crippen LogP contribution in [0.15, 0.2) is 206 Å². The second-order valence-electron chi connectivity index (χ2n) is 15.1. The van der Waals surface area contributed by atoms with Crippen molar-refractivity contribution in [3.8, 4) is 84.4 Å². The fourth-order valence-corrected chi connectivity index (χ4v) is 9.21. The Morgan fingerprint density at radius 3 is 1.51 bits per heavy atom. The highest BCUT2D eigenvalue weighted by atomic mass is 15.0. The van der Waals surface area contributed by atoms with Gasteiger partial charge in [-0.1, -0.05) is 182 Å². The lowest BCUT2D eigenvalue weighted by molar-refractivity contribution is 1.07. The van der Waals surface area contributed by atoms with Crippen molar-refractivity contribution in [1.82, 2.24) is 19.5 Å². The molecule has 4 heteroatoms. The van der Waals surface area contributed by atoms with E-state index in [0.717, 1.165) is 44.6 Å². The number of fused-ring (bicyclic) bond motifs is 3. The van der Waals surface area contributed by atoms with Crippen molar-refractivity contribution in [3.63, 3.8) is 0 Å². The summed E-state index contributed by atoms with van der Waals surface area (Å²) >= 11 is 0. The third-order valence-corrected chi connectivity index (χ3v) is 11.8. The molecule has 0 amide bonds. The molecule has 0 saturated heterocycles. The Morgan fingerprint density at radius 1 is 0.271 bits per heavy atom. The van der Waals surface area contributed by atoms with E-state index in [2.05, 4.69) is 187 Å². The normalized spacial score (nSPS) is 11.7. The molecule has 4 nitrogen and oxygen atoms in total. The van der Waals surface area contributed by atoms with Gasteiger partial charge < -0.3 is 4.57 Å². The first kappa shape index (κ1) is 33.2. The van der Waals surface area contributed by atoms with Gasteiger partial charge in [0.2, 0.25) is 0 Å². The van der Waals surface area contributed by atoms with E-state index in [4.69, 9.17) is 15.0 Å². The Balaban J connectivity index is 1.09. The Hall–Kier alpha value is -7.95. The number of nitrogens with zero attached hydrogens (tertiary/aromatic N) is 4. The van der Waals surface area contributed by atoms with Crippen molar-refractivity contribution in [2.75, 3.05) is 0 Å². The Morgan fingerprint density at radius 2 is 0.763 bits per heavy atom. The molecule has 0 radical (unpaired) electrons. The molecular weight excluding hydrogens is 717 g/mol. The minimum atomic E-state index is 0.621. The molecule has 0 N–H and O–H groups in total. The van der Waals surface area contributed by atoms with Crippen LogP contribution in [0.4, 0.5) is 0 Å². The Bertz CT molecular complexity index is 3440. The highest BCUT2D eigenvalue weighted by Gasteiger charge is 2.26. The first-order chi connectivity index (χ1) is 29.3. The molecule has 274 valence electrons. The van der Waals surface area contributed by atoms with Gasteiger partial charge in [-0.2, -0.15) is 0 Å². The maximum absolute atomic E-state index is 5.27. The van der Waals surface area contributed by atoms with Crippen LogP contribution in [0.25, 0.3) is 117 Å². The number of aromatic nitrogens is 4. The summed E-state index contributed by atoms with van der Waals surface area (Å²) in [5.74, 6) is 1.88. The van der Waals surface area contributed by atoms with Gasteiger partial charge >= 0.3 is 0 Å². The number of hydrogen-bond donors (Lipinski definition) is 0. The van der Waals surface area contributed by atoms with E-state index in [-0.39, 0.29) is 0 Å². The predicted octanol–water partition coefficient (Wildman–Crippen LogP) is 14.1. The lowest BCUT2D eigenvalue weighted by Crippen LogP contribution is -2.02. The van der Waals surface area contributed by atoms with E-state index >= 15 is 0 Å². The summed E-state index contributed by atoms with van der Waals surface area (Å²) in [5.41, 5.74) is 15.7. The van der Waals surface area contributed by atoms with Crippen LogP contribution in [0.1, 0.15) is 0 Å². The minimum absolute atomic E-state index is 0.621. The molecule has 9 aromatic carbocycles. The fraction of sp³-hybridized carbons (Fsp3) is 0. The molecule has 0 spiro atoms. The maximum atomic E-state index is 5.27. The summed E-state index contributed by atoms with van der Waals surface area (Å²) < 4.78 is 2.47. The van der Waals surface area contributed by atoms with Gasteiger partial charge in [-0.15, -0.1) is 0 Å². The van der Waals surface area contributed by atoms with Gasteiger partial charge in [0.1, 0.15) is 0 Å². The van der Waals surface area contributed by atoms with Crippen LogP contribution >= 0.6 is 0 Å². The molecule has 59 heavy (non-hydrogen) atoms. The second-order valence-corrected chi connectivity index (χ2v) is 15.1. The van der Waals surface area contributed by atoms with Gasteiger partial charge in [0, 0.05) is 33.0 Å². The molecule has 1 aliphatic rings. The van der Waals surface area contributed by atoms with E-state index < -0.39 is 0 Å².